The predicted molar refractivity (Wildman–Crippen MR) is 68.6 cm³/mol. The normalized spacial score (nSPS) is 19.8. The number of methoxy groups -OCH3 is 1. The summed E-state index contributed by atoms with van der Waals surface area (Å²) in [5, 5.41) is 0. The molecule has 2 atom stereocenters. The quantitative estimate of drug-likeness (QED) is 0.734. The summed E-state index contributed by atoms with van der Waals surface area (Å²) in [6, 6.07) is -0.364. The van der Waals surface area contributed by atoms with E-state index in [1.807, 2.05) is 11.8 Å². The van der Waals surface area contributed by atoms with Crippen molar-refractivity contribution in [1.82, 2.24) is 4.90 Å². The lowest BCUT2D eigenvalue weighted by Gasteiger charge is -2.30. The average molecular weight is 240 g/mol. The topological polar surface area (TPSA) is 55.6 Å². The van der Waals surface area contributed by atoms with E-state index in [2.05, 4.69) is 13.0 Å². The van der Waals surface area contributed by atoms with Crippen molar-refractivity contribution in [1.29, 1.82) is 0 Å². The van der Waals surface area contributed by atoms with Crippen LogP contribution in [0.2, 0.25) is 0 Å². The van der Waals surface area contributed by atoms with Gasteiger partial charge in [0.05, 0.1) is 12.6 Å². The number of nitrogens with two attached hydrogens (primary N) is 1. The summed E-state index contributed by atoms with van der Waals surface area (Å²) in [7, 11) is 1.69. The van der Waals surface area contributed by atoms with E-state index in [0.717, 1.165) is 19.4 Å². The highest BCUT2D eigenvalue weighted by Gasteiger charge is 2.25. The Labute approximate surface area is 104 Å². The Bertz CT molecular complexity index is 289. The van der Waals surface area contributed by atoms with Gasteiger partial charge in [-0.2, -0.15) is 0 Å². The molecule has 0 saturated heterocycles. The van der Waals surface area contributed by atoms with E-state index < -0.39 is 0 Å². The summed E-state index contributed by atoms with van der Waals surface area (Å²) in [6.07, 6.45) is 3.91. The van der Waals surface area contributed by atoms with E-state index in [1.54, 1.807) is 7.11 Å². The average Bonchev–Trinajstić information content (AvgIpc) is 2.37. The van der Waals surface area contributed by atoms with Gasteiger partial charge in [-0.05, 0) is 17.9 Å². The maximum absolute atomic E-state index is 12.1. The fourth-order valence-corrected chi connectivity index (χ4v) is 1.94. The van der Waals surface area contributed by atoms with Gasteiger partial charge in [-0.3, -0.25) is 4.79 Å². The third-order valence-corrected chi connectivity index (χ3v) is 3.49. The van der Waals surface area contributed by atoms with Crippen LogP contribution >= 0.6 is 0 Å². The summed E-state index contributed by atoms with van der Waals surface area (Å²) in [5.74, 6) is 0.318. The van der Waals surface area contributed by atoms with Gasteiger partial charge in [-0.1, -0.05) is 26.3 Å². The van der Waals surface area contributed by atoms with Crippen LogP contribution < -0.4 is 5.73 Å². The molecule has 2 N–H and O–H groups in total. The highest BCUT2D eigenvalue weighted by molar-refractivity contribution is 5.82. The van der Waals surface area contributed by atoms with Crippen LogP contribution in [0.4, 0.5) is 0 Å². The van der Waals surface area contributed by atoms with Gasteiger partial charge in [0.2, 0.25) is 5.91 Å². The van der Waals surface area contributed by atoms with Gasteiger partial charge < -0.3 is 15.4 Å². The molecule has 0 aromatic carbocycles. The Morgan fingerprint density at radius 3 is 2.82 bits per heavy atom. The summed E-state index contributed by atoms with van der Waals surface area (Å²) in [5.41, 5.74) is 7.23. The molecule has 1 rings (SSSR count). The zero-order valence-corrected chi connectivity index (χ0v) is 11.1. The summed E-state index contributed by atoms with van der Waals surface area (Å²) in [4.78, 5) is 13.9. The molecule has 4 nitrogen and oxygen atoms in total. The van der Waals surface area contributed by atoms with Crippen molar-refractivity contribution in [3.05, 3.63) is 11.6 Å². The monoisotopic (exact) mass is 240 g/mol. The molecule has 4 heteroatoms. The van der Waals surface area contributed by atoms with Gasteiger partial charge in [-0.15, -0.1) is 0 Å². The first-order chi connectivity index (χ1) is 8.10. The summed E-state index contributed by atoms with van der Waals surface area (Å²) in [6.45, 7) is 6.18. The van der Waals surface area contributed by atoms with Crippen molar-refractivity contribution >= 4 is 5.91 Å². The number of ether oxygens (including phenoxy) is 1. The highest BCUT2D eigenvalue weighted by atomic mass is 16.5. The van der Waals surface area contributed by atoms with Gasteiger partial charge in [0.15, 0.2) is 0 Å². The first kappa shape index (κ1) is 14.2. The fourth-order valence-electron chi connectivity index (χ4n) is 1.94. The van der Waals surface area contributed by atoms with E-state index in [1.165, 1.54) is 5.57 Å². The molecule has 0 unspecified atom stereocenters. The van der Waals surface area contributed by atoms with Crippen LogP contribution in [0, 0.1) is 5.92 Å². The first-order valence-electron chi connectivity index (χ1n) is 6.31. The molecule has 17 heavy (non-hydrogen) atoms. The van der Waals surface area contributed by atoms with Gasteiger partial charge in [-0.25, -0.2) is 0 Å². The number of nitrogens with zero attached hydrogens (tertiary/aromatic N) is 1. The molecule has 0 aromatic heterocycles. The molecule has 0 bridgehead atoms. The largest absolute Gasteiger partial charge is 0.380 e. The number of hydrogen-bond acceptors (Lipinski definition) is 3. The molecule has 0 saturated carbocycles. The van der Waals surface area contributed by atoms with Crippen molar-refractivity contribution in [2.75, 3.05) is 26.8 Å². The number of amides is 1. The fraction of sp³-hybridized carbons (Fsp3) is 0.769. The zero-order chi connectivity index (χ0) is 12.8. The molecule has 1 amide bonds. The second-order valence-electron chi connectivity index (χ2n) is 4.74. The minimum Gasteiger partial charge on any atom is -0.380 e. The molecule has 0 aromatic rings. The minimum atomic E-state index is -0.364. The van der Waals surface area contributed by atoms with E-state index >= 15 is 0 Å². The van der Waals surface area contributed by atoms with E-state index in [0.29, 0.717) is 13.2 Å². The second-order valence-corrected chi connectivity index (χ2v) is 4.74. The number of rotatable bonds is 5. The predicted octanol–water partition coefficient (Wildman–Crippen LogP) is 1.16. The summed E-state index contributed by atoms with van der Waals surface area (Å²) >= 11 is 0. The Kier molecular flexibility index (Phi) is 5.65. The Morgan fingerprint density at radius 2 is 2.35 bits per heavy atom. The van der Waals surface area contributed by atoms with Crippen LogP contribution in [-0.4, -0.2) is 43.7 Å². The first-order valence-corrected chi connectivity index (χ1v) is 6.31. The van der Waals surface area contributed by atoms with E-state index in [-0.39, 0.29) is 17.9 Å². The second kappa shape index (κ2) is 6.77. The van der Waals surface area contributed by atoms with Gasteiger partial charge >= 0.3 is 0 Å². The number of hydrogen-bond donors (Lipinski definition) is 1. The zero-order valence-electron chi connectivity index (χ0n) is 11.1. The lowest BCUT2D eigenvalue weighted by Crippen LogP contribution is -2.48. The van der Waals surface area contributed by atoms with E-state index in [4.69, 9.17) is 10.5 Å². The highest BCUT2D eigenvalue weighted by Crippen LogP contribution is 2.14. The molecule has 0 fully saturated rings. The van der Waals surface area contributed by atoms with Crippen LogP contribution in [0.3, 0.4) is 0 Å². The van der Waals surface area contributed by atoms with E-state index in [9.17, 15) is 4.79 Å². The van der Waals surface area contributed by atoms with Gasteiger partial charge in [0.1, 0.15) is 0 Å². The molecule has 1 aliphatic rings. The number of carbonyl (C=O) groups is 1. The lowest BCUT2D eigenvalue weighted by atomic mass is 9.98. The lowest BCUT2D eigenvalue weighted by molar-refractivity contribution is -0.133. The smallest absolute Gasteiger partial charge is 0.240 e. The van der Waals surface area contributed by atoms with Gasteiger partial charge in [0.25, 0.3) is 0 Å². The Morgan fingerprint density at radius 1 is 1.65 bits per heavy atom. The third kappa shape index (κ3) is 3.82. The van der Waals surface area contributed by atoms with Crippen LogP contribution in [0.25, 0.3) is 0 Å². The number of carbonyl (C=O) groups excluding carboxylic acids is 1. The molecular formula is C13H24N2O2. The molecule has 0 aliphatic carbocycles. The van der Waals surface area contributed by atoms with Crippen molar-refractivity contribution in [3.63, 3.8) is 0 Å². The molecule has 1 heterocycles. The maximum atomic E-state index is 12.1. The minimum absolute atomic E-state index is 0.0760. The SMILES string of the molecule is CC[C@H](C)[C@H](N)C(=O)N1CC=C(COC)CC1. The van der Waals surface area contributed by atoms with Crippen molar-refractivity contribution in [3.8, 4) is 0 Å². The molecular weight excluding hydrogens is 216 g/mol. The molecule has 1 aliphatic heterocycles. The maximum Gasteiger partial charge on any atom is 0.240 e. The van der Waals surface area contributed by atoms with Crippen LogP contribution in [0.5, 0.6) is 0 Å². The van der Waals surface area contributed by atoms with Crippen molar-refractivity contribution < 1.29 is 9.53 Å². The van der Waals surface area contributed by atoms with Gasteiger partial charge in [0, 0.05) is 20.2 Å². The summed E-state index contributed by atoms with van der Waals surface area (Å²) < 4.78 is 5.08. The molecule has 98 valence electrons. The van der Waals surface area contributed by atoms with Crippen molar-refractivity contribution in [2.24, 2.45) is 11.7 Å². The third-order valence-electron chi connectivity index (χ3n) is 3.49. The molecule has 0 radical (unpaired) electrons. The van der Waals surface area contributed by atoms with Crippen LogP contribution in [-0.2, 0) is 9.53 Å². The van der Waals surface area contributed by atoms with Crippen molar-refractivity contribution in [2.45, 2.75) is 32.7 Å². The molecule has 0 spiro atoms. The van der Waals surface area contributed by atoms with Crippen LogP contribution in [0.15, 0.2) is 11.6 Å². The Balaban J connectivity index is 2.51. The standard InChI is InChI=1S/C13H24N2O2/c1-4-10(2)12(14)13(16)15-7-5-11(6-8-15)9-17-3/h5,10,12H,4,6-9,14H2,1-3H3/t10-,12-/m0/s1. The Hall–Kier alpha value is -0.870. The van der Waals surface area contributed by atoms with Crippen LogP contribution in [0.1, 0.15) is 26.7 Å².